The van der Waals surface area contributed by atoms with E-state index < -0.39 is 17.7 Å². The van der Waals surface area contributed by atoms with Crippen LogP contribution in [0.2, 0.25) is 0 Å². The zero-order chi connectivity index (χ0) is 15.5. The third kappa shape index (κ3) is 3.13. The summed E-state index contributed by atoms with van der Waals surface area (Å²) in [6.45, 7) is 0. The van der Waals surface area contributed by atoms with Gasteiger partial charge in [-0.15, -0.1) is 0 Å². The number of rotatable bonds is 3. The summed E-state index contributed by atoms with van der Waals surface area (Å²) >= 11 is 0. The zero-order valence-electron chi connectivity index (χ0n) is 11.6. The van der Waals surface area contributed by atoms with Gasteiger partial charge in [-0.1, -0.05) is 30.3 Å². The topological polar surface area (TPSA) is 53.2 Å². The van der Waals surface area contributed by atoms with Gasteiger partial charge in [0, 0.05) is 17.8 Å². The third-order valence-electron chi connectivity index (χ3n) is 3.61. The second kappa shape index (κ2) is 6.21. The van der Waals surface area contributed by atoms with Crippen molar-refractivity contribution < 1.29 is 13.6 Å². The van der Waals surface area contributed by atoms with Crippen molar-refractivity contribution in [2.24, 2.45) is 0 Å². The maximum Gasteiger partial charge on any atom is 0.242 e. The van der Waals surface area contributed by atoms with E-state index in [-0.39, 0.29) is 17.6 Å². The van der Waals surface area contributed by atoms with Crippen LogP contribution in [0.15, 0.2) is 48.5 Å². The molecule has 3 rings (SSSR count). The molecule has 3 N–H and O–H groups in total. The second-order valence-corrected chi connectivity index (χ2v) is 5.16. The van der Waals surface area contributed by atoms with Crippen molar-refractivity contribution in [1.82, 2.24) is 10.9 Å². The standard InChI is InChI=1S/C16H15F2N3O/c17-12-7-6-11(8-13(12)18)19-16(22)15-9-14(20-21-15)10-4-2-1-3-5-10/h1-8,14-15,20-21H,9H2,(H,19,22). The van der Waals surface area contributed by atoms with Gasteiger partial charge in [0.2, 0.25) is 5.91 Å². The van der Waals surface area contributed by atoms with E-state index in [0.717, 1.165) is 17.7 Å². The van der Waals surface area contributed by atoms with E-state index in [1.165, 1.54) is 6.07 Å². The minimum atomic E-state index is -0.988. The number of amides is 1. The Morgan fingerprint density at radius 3 is 2.55 bits per heavy atom. The molecule has 1 aliphatic heterocycles. The van der Waals surface area contributed by atoms with Crippen LogP contribution in [0.3, 0.4) is 0 Å². The van der Waals surface area contributed by atoms with Gasteiger partial charge in [-0.25, -0.2) is 19.6 Å². The third-order valence-corrected chi connectivity index (χ3v) is 3.61. The normalized spacial score (nSPS) is 20.8. The van der Waals surface area contributed by atoms with Gasteiger partial charge >= 0.3 is 0 Å². The van der Waals surface area contributed by atoms with E-state index in [4.69, 9.17) is 0 Å². The lowest BCUT2D eigenvalue weighted by molar-refractivity contribution is -0.117. The van der Waals surface area contributed by atoms with E-state index in [0.29, 0.717) is 6.42 Å². The first-order valence-corrected chi connectivity index (χ1v) is 6.95. The number of carbonyl (C=O) groups excluding carboxylic acids is 1. The lowest BCUT2D eigenvalue weighted by Crippen LogP contribution is -2.39. The fourth-order valence-corrected chi connectivity index (χ4v) is 2.44. The van der Waals surface area contributed by atoms with Crippen molar-refractivity contribution in [2.45, 2.75) is 18.5 Å². The molecule has 2 atom stereocenters. The maximum absolute atomic E-state index is 13.1. The zero-order valence-corrected chi connectivity index (χ0v) is 11.6. The van der Waals surface area contributed by atoms with Crippen LogP contribution in [0.25, 0.3) is 0 Å². The van der Waals surface area contributed by atoms with Crippen molar-refractivity contribution >= 4 is 11.6 Å². The summed E-state index contributed by atoms with van der Waals surface area (Å²) in [5, 5.41) is 2.58. The van der Waals surface area contributed by atoms with Gasteiger partial charge in [-0.05, 0) is 24.1 Å². The number of anilines is 1. The van der Waals surface area contributed by atoms with Gasteiger partial charge < -0.3 is 5.32 Å². The Kier molecular flexibility index (Phi) is 4.13. The number of carbonyl (C=O) groups is 1. The van der Waals surface area contributed by atoms with Crippen LogP contribution in [0.4, 0.5) is 14.5 Å². The number of hydrazine groups is 1. The molecule has 1 aliphatic rings. The van der Waals surface area contributed by atoms with Crippen LogP contribution in [0, 0.1) is 11.6 Å². The highest BCUT2D eigenvalue weighted by atomic mass is 19.2. The molecular formula is C16H15F2N3O. The first kappa shape index (κ1) is 14.6. The summed E-state index contributed by atoms with van der Waals surface area (Å²) in [6.07, 6.45) is 0.569. The van der Waals surface area contributed by atoms with Crippen molar-refractivity contribution in [3.05, 3.63) is 65.7 Å². The van der Waals surface area contributed by atoms with Crippen molar-refractivity contribution in [2.75, 3.05) is 5.32 Å². The van der Waals surface area contributed by atoms with E-state index in [1.54, 1.807) is 0 Å². The predicted molar refractivity (Wildman–Crippen MR) is 78.8 cm³/mol. The number of hydrogen-bond acceptors (Lipinski definition) is 3. The lowest BCUT2D eigenvalue weighted by Gasteiger charge is -2.11. The smallest absolute Gasteiger partial charge is 0.242 e. The van der Waals surface area contributed by atoms with Crippen LogP contribution >= 0.6 is 0 Å². The Balaban J connectivity index is 1.63. The Labute approximate surface area is 126 Å². The number of halogens is 2. The molecule has 114 valence electrons. The highest BCUT2D eigenvalue weighted by Gasteiger charge is 2.30. The molecule has 1 amide bonds. The first-order valence-electron chi connectivity index (χ1n) is 6.95. The first-order chi connectivity index (χ1) is 10.6. The maximum atomic E-state index is 13.1. The summed E-state index contributed by atoms with van der Waals surface area (Å²) in [4.78, 5) is 12.2. The van der Waals surface area contributed by atoms with Crippen LogP contribution < -0.4 is 16.2 Å². The van der Waals surface area contributed by atoms with Crippen molar-refractivity contribution in [1.29, 1.82) is 0 Å². The van der Waals surface area contributed by atoms with Gasteiger partial charge in [0.1, 0.15) is 6.04 Å². The lowest BCUT2D eigenvalue weighted by atomic mass is 10.0. The van der Waals surface area contributed by atoms with Crippen LogP contribution in [0.1, 0.15) is 18.0 Å². The SMILES string of the molecule is O=C(Nc1ccc(F)c(F)c1)C1CC(c2ccccc2)NN1. The summed E-state index contributed by atoms with van der Waals surface area (Å²) in [5.41, 5.74) is 7.30. The molecule has 0 saturated carbocycles. The Morgan fingerprint density at radius 2 is 1.82 bits per heavy atom. The van der Waals surface area contributed by atoms with Gasteiger partial charge in [0.15, 0.2) is 11.6 Å². The molecule has 0 radical (unpaired) electrons. The number of hydrogen-bond donors (Lipinski definition) is 3. The summed E-state index contributed by atoms with van der Waals surface area (Å²) in [7, 11) is 0. The Morgan fingerprint density at radius 1 is 1.05 bits per heavy atom. The van der Waals surface area contributed by atoms with E-state index in [9.17, 15) is 13.6 Å². The van der Waals surface area contributed by atoms with Gasteiger partial charge in [-0.3, -0.25) is 4.79 Å². The van der Waals surface area contributed by atoms with Crippen LogP contribution in [0.5, 0.6) is 0 Å². The predicted octanol–water partition coefficient (Wildman–Crippen LogP) is 2.51. The van der Waals surface area contributed by atoms with E-state index in [2.05, 4.69) is 16.2 Å². The minimum absolute atomic E-state index is 0.0295. The molecule has 2 unspecified atom stereocenters. The van der Waals surface area contributed by atoms with Gasteiger partial charge in [-0.2, -0.15) is 0 Å². The molecule has 0 spiro atoms. The summed E-state index contributed by atoms with van der Waals surface area (Å²) in [6, 6.07) is 12.6. The Bertz CT molecular complexity index is 678. The van der Waals surface area contributed by atoms with Gasteiger partial charge in [0.25, 0.3) is 0 Å². The molecule has 22 heavy (non-hydrogen) atoms. The fourth-order valence-electron chi connectivity index (χ4n) is 2.44. The van der Waals surface area contributed by atoms with Crippen molar-refractivity contribution in [3.63, 3.8) is 0 Å². The molecule has 1 heterocycles. The highest BCUT2D eigenvalue weighted by molar-refractivity contribution is 5.95. The summed E-state index contributed by atoms with van der Waals surface area (Å²) < 4.78 is 26.0. The average molecular weight is 303 g/mol. The molecule has 0 aromatic heterocycles. The fraction of sp³-hybridized carbons (Fsp3) is 0.188. The molecule has 2 aromatic carbocycles. The number of benzene rings is 2. The molecule has 4 nitrogen and oxygen atoms in total. The highest BCUT2D eigenvalue weighted by Crippen LogP contribution is 2.22. The summed E-state index contributed by atoms with van der Waals surface area (Å²) in [5.74, 6) is -2.22. The molecule has 6 heteroatoms. The molecule has 2 aromatic rings. The van der Waals surface area contributed by atoms with Crippen LogP contribution in [-0.4, -0.2) is 11.9 Å². The second-order valence-electron chi connectivity index (χ2n) is 5.16. The largest absolute Gasteiger partial charge is 0.325 e. The Hall–Kier alpha value is -2.31. The monoisotopic (exact) mass is 303 g/mol. The quantitative estimate of drug-likeness (QED) is 0.816. The molecule has 1 fully saturated rings. The molecule has 0 aliphatic carbocycles. The molecule has 0 bridgehead atoms. The van der Waals surface area contributed by atoms with E-state index in [1.807, 2.05) is 30.3 Å². The average Bonchev–Trinajstić information content (AvgIpc) is 3.02. The van der Waals surface area contributed by atoms with E-state index >= 15 is 0 Å². The molecule has 1 saturated heterocycles. The van der Waals surface area contributed by atoms with Crippen LogP contribution in [-0.2, 0) is 4.79 Å². The minimum Gasteiger partial charge on any atom is -0.325 e. The number of nitrogens with one attached hydrogen (secondary N) is 3. The van der Waals surface area contributed by atoms with Gasteiger partial charge in [0.05, 0.1) is 0 Å². The molecular weight excluding hydrogens is 288 g/mol. The van der Waals surface area contributed by atoms with Crippen molar-refractivity contribution in [3.8, 4) is 0 Å².